The molecule has 0 aromatic carbocycles. The molecule has 0 bridgehead atoms. The van der Waals surface area contributed by atoms with Gasteiger partial charge >= 0.3 is 5.97 Å². The molecule has 0 atom stereocenters. The summed E-state index contributed by atoms with van der Waals surface area (Å²) in [7, 11) is 1.43. The number of esters is 1. The van der Waals surface area contributed by atoms with Gasteiger partial charge in [0.05, 0.1) is 7.11 Å². The van der Waals surface area contributed by atoms with E-state index in [1.54, 1.807) is 0 Å². The van der Waals surface area contributed by atoms with Crippen LogP contribution in [0.25, 0.3) is 0 Å². The van der Waals surface area contributed by atoms with E-state index in [0.29, 0.717) is 18.4 Å². The summed E-state index contributed by atoms with van der Waals surface area (Å²) < 4.78 is 4.65. The lowest BCUT2D eigenvalue weighted by Gasteiger charge is -2.32. The molecule has 2 aliphatic rings. The summed E-state index contributed by atoms with van der Waals surface area (Å²) in [6.45, 7) is 2.96. The van der Waals surface area contributed by atoms with Crippen LogP contribution in [0.4, 0.5) is 0 Å². The highest BCUT2D eigenvalue weighted by molar-refractivity contribution is 5.76. The molecule has 1 aliphatic carbocycles. The van der Waals surface area contributed by atoms with E-state index < -0.39 is 0 Å². The van der Waals surface area contributed by atoms with Gasteiger partial charge in [0.2, 0.25) is 5.91 Å². The van der Waals surface area contributed by atoms with E-state index in [4.69, 9.17) is 0 Å². The molecule has 1 N–H and O–H groups in total. The second-order valence-corrected chi connectivity index (χ2v) is 6.72. The summed E-state index contributed by atoms with van der Waals surface area (Å²) in [6.07, 6.45) is 9.16. The number of carbonyl (C=O) groups excluding carboxylic acids is 2. The van der Waals surface area contributed by atoms with Crippen molar-refractivity contribution in [2.45, 2.75) is 63.8 Å². The maximum absolute atomic E-state index is 12.1. The summed E-state index contributed by atoms with van der Waals surface area (Å²) in [5.41, 5.74) is 0. The zero-order valence-electron chi connectivity index (χ0n) is 13.8. The van der Waals surface area contributed by atoms with Gasteiger partial charge in [-0.3, -0.25) is 9.59 Å². The Kier molecular flexibility index (Phi) is 7.16. The van der Waals surface area contributed by atoms with E-state index in [9.17, 15) is 9.59 Å². The van der Waals surface area contributed by atoms with Gasteiger partial charge in [0.1, 0.15) is 0 Å². The smallest absolute Gasteiger partial charge is 0.305 e. The van der Waals surface area contributed by atoms with Crippen LogP contribution in [0.15, 0.2) is 0 Å². The van der Waals surface area contributed by atoms with Crippen LogP contribution in [-0.2, 0) is 14.3 Å². The van der Waals surface area contributed by atoms with Gasteiger partial charge in [0.15, 0.2) is 0 Å². The zero-order chi connectivity index (χ0) is 15.8. The minimum absolute atomic E-state index is 0.130. The van der Waals surface area contributed by atoms with E-state index >= 15 is 0 Å². The molecule has 0 unspecified atom stereocenters. The number of ether oxygens (including phenoxy) is 1. The van der Waals surface area contributed by atoms with E-state index in [2.05, 4.69) is 15.0 Å². The summed E-state index contributed by atoms with van der Waals surface area (Å²) in [5.74, 6) is 0.739. The molecule has 0 radical (unpaired) electrons. The molecular weight excluding hydrogens is 280 g/mol. The summed E-state index contributed by atoms with van der Waals surface area (Å²) in [4.78, 5) is 25.5. The number of methoxy groups -OCH3 is 1. The highest BCUT2D eigenvalue weighted by atomic mass is 16.5. The Morgan fingerprint density at radius 2 is 1.82 bits per heavy atom. The van der Waals surface area contributed by atoms with Crippen LogP contribution in [0.3, 0.4) is 0 Å². The van der Waals surface area contributed by atoms with Crippen molar-refractivity contribution in [3.8, 4) is 0 Å². The predicted octanol–water partition coefficient (Wildman–Crippen LogP) is 2.10. The minimum Gasteiger partial charge on any atom is -0.469 e. The molecular formula is C17H30N2O3. The molecule has 1 amide bonds. The number of rotatable bonds is 7. The van der Waals surface area contributed by atoms with Gasteiger partial charge in [0, 0.05) is 32.0 Å². The van der Waals surface area contributed by atoms with E-state index in [1.807, 2.05) is 0 Å². The van der Waals surface area contributed by atoms with Gasteiger partial charge in [-0.15, -0.1) is 0 Å². The van der Waals surface area contributed by atoms with Crippen molar-refractivity contribution < 1.29 is 14.3 Å². The first-order valence-corrected chi connectivity index (χ1v) is 8.76. The van der Waals surface area contributed by atoms with Crippen molar-refractivity contribution in [1.29, 1.82) is 0 Å². The Bertz CT molecular complexity index is 359. The lowest BCUT2D eigenvalue weighted by Crippen LogP contribution is -2.45. The third-order valence-corrected chi connectivity index (χ3v) is 4.98. The van der Waals surface area contributed by atoms with Crippen LogP contribution >= 0.6 is 0 Å². The van der Waals surface area contributed by atoms with Crippen LogP contribution in [0.5, 0.6) is 0 Å². The van der Waals surface area contributed by atoms with Gasteiger partial charge in [0.25, 0.3) is 0 Å². The molecule has 0 aromatic heterocycles. The predicted molar refractivity (Wildman–Crippen MR) is 85.4 cm³/mol. The zero-order valence-corrected chi connectivity index (χ0v) is 13.8. The number of amides is 1. The fraction of sp³-hybridized carbons (Fsp3) is 0.882. The van der Waals surface area contributed by atoms with E-state index in [1.165, 1.54) is 32.8 Å². The highest BCUT2D eigenvalue weighted by Crippen LogP contribution is 2.27. The summed E-state index contributed by atoms with van der Waals surface area (Å²) >= 11 is 0. The molecule has 22 heavy (non-hydrogen) atoms. The summed E-state index contributed by atoms with van der Waals surface area (Å²) in [5, 5.41) is 3.21. The standard InChI is InChI=1S/C17H30N2O3/c1-22-17(21)7-4-10-19-11-8-15(9-12-19)18-16(20)13-14-5-2-3-6-14/h14-15H,2-13H2,1H3,(H,18,20). The monoisotopic (exact) mass is 310 g/mol. The minimum atomic E-state index is -0.130. The van der Waals surface area contributed by atoms with Crippen molar-refractivity contribution in [3.63, 3.8) is 0 Å². The normalized spacial score (nSPS) is 21.0. The number of carbonyl (C=O) groups is 2. The average Bonchev–Trinajstić information content (AvgIpc) is 3.01. The molecule has 1 saturated heterocycles. The van der Waals surface area contributed by atoms with Gasteiger partial charge in [-0.1, -0.05) is 12.8 Å². The van der Waals surface area contributed by atoms with Crippen molar-refractivity contribution in [2.75, 3.05) is 26.7 Å². The third-order valence-electron chi connectivity index (χ3n) is 4.98. The second-order valence-electron chi connectivity index (χ2n) is 6.72. The highest BCUT2D eigenvalue weighted by Gasteiger charge is 2.23. The van der Waals surface area contributed by atoms with Gasteiger partial charge in [-0.2, -0.15) is 0 Å². The SMILES string of the molecule is COC(=O)CCCN1CCC(NC(=O)CC2CCCC2)CC1. The fourth-order valence-electron chi connectivity index (χ4n) is 3.61. The number of nitrogens with one attached hydrogen (secondary N) is 1. The van der Waals surface area contributed by atoms with Gasteiger partial charge in [-0.25, -0.2) is 0 Å². The molecule has 1 saturated carbocycles. The quantitative estimate of drug-likeness (QED) is 0.732. The number of hydrogen-bond donors (Lipinski definition) is 1. The Morgan fingerprint density at radius 1 is 1.14 bits per heavy atom. The molecule has 0 aromatic rings. The fourth-order valence-corrected chi connectivity index (χ4v) is 3.61. The number of hydrogen-bond acceptors (Lipinski definition) is 4. The van der Waals surface area contributed by atoms with Crippen LogP contribution < -0.4 is 5.32 Å². The lowest BCUT2D eigenvalue weighted by atomic mass is 10.0. The lowest BCUT2D eigenvalue weighted by molar-refractivity contribution is -0.140. The Hall–Kier alpha value is -1.10. The maximum Gasteiger partial charge on any atom is 0.305 e. The number of likely N-dealkylation sites (tertiary alicyclic amines) is 1. The molecule has 2 fully saturated rings. The molecule has 1 heterocycles. The molecule has 126 valence electrons. The van der Waals surface area contributed by atoms with Crippen molar-refractivity contribution in [3.05, 3.63) is 0 Å². The topological polar surface area (TPSA) is 58.6 Å². The van der Waals surface area contributed by atoms with E-state index in [-0.39, 0.29) is 11.9 Å². The average molecular weight is 310 g/mol. The van der Waals surface area contributed by atoms with Gasteiger partial charge in [-0.05, 0) is 44.6 Å². The Labute approximate surface area is 133 Å². The molecule has 5 heteroatoms. The van der Waals surface area contributed by atoms with Crippen molar-refractivity contribution in [1.82, 2.24) is 10.2 Å². The Balaban J connectivity index is 1.56. The molecule has 2 rings (SSSR count). The Morgan fingerprint density at radius 3 is 2.45 bits per heavy atom. The maximum atomic E-state index is 12.1. The van der Waals surface area contributed by atoms with Crippen LogP contribution in [0, 0.1) is 5.92 Å². The first kappa shape index (κ1) is 17.3. The van der Waals surface area contributed by atoms with Crippen LogP contribution in [-0.4, -0.2) is 49.6 Å². The largest absolute Gasteiger partial charge is 0.469 e. The summed E-state index contributed by atoms with van der Waals surface area (Å²) in [6, 6.07) is 0.339. The first-order chi connectivity index (χ1) is 10.7. The van der Waals surface area contributed by atoms with E-state index in [0.717, 1.165) is 45.3 Å². The third kappa shape index (κ3) is 5.95. The number of piperidine rings is 1. The van der Waals surface area contributed by atoms with Crippen LogP contribution in [0.2, 0.25) is 0 Å². The van der Waals surface area contributed by atoms with Crippen molar-refractivity contribution in [2.24, 2.45) is 5.92 Å². The van der Waals surface area contributed by atoms with Crippen LogP contribution in [0.1, 0.15) is 57.8 Å². The number of nitrogens with zero attached hydrogens (tertiary/aromatic N) is 1. The first-order valence-electron chi connectivity index (χ1n) is 8.76. The molecule has 0 spiro atoms. The molecule has 1 aliphatic heterocycles. The second kappa shape index (κ2) is 9.13. The van der Waals surface area contributed by atoms with Crippen molar-refractivity contribution >= 4 is 11.9 Å². The van der Waals surface area contributed by atoms with Gasteiger partial charge < -0.3 is 15.0 Å². The molecule has 5 nitrogen and oxygen atoms in total.